The molecule has 6 nitrogen and oxygen atoms in total. The molecule has 0 aliphatic carbocycles. The van der Waals surface area contributed by atoms with E-state index in [0.717, 1.165) is 24.6 Å². The van der Waals surface area contributed by atoms with E-state index in [4.69, 9.17) is 5.73 Å². The number of sulfonamides is 1. The number of hydrogen-bond donors (Lipinski definition) is 1. The van der Waals surface area contributed by atoms with Crippen LogP contribution in [0.2, 0.25) is 0 Å². The van der Waals surface area contributed by atoms with Gasteiger partial charge in [-0.2, -0.15) is 8.75 Å². The second-order valence-electron chi connectivity index (χ2n) is 4.29. The second kappa shape index (κ2) is 5.40. The van der Waals surface area contributed by atoms with Gasteiger partial charge in [0.2, 0.25) is 10.0 Å². The van der Waals surface area contributed by atoms with E-state index >= 15 is 0 Å². The van der Waals surface area contributed by atoms with Gasteiger partial charge in [-0.05, 0) is 18.6 Å². The summed E-state index contributed by atoms with van der Waals surface area (Å²) in [6, 6.07) is 3.06. The fourth-order valence-electron chi connectivity index (χ4n) is 1.74. The van der Waals surface area contributed by atoms with E-state index < -0.39 is 10.0 Å². The second-order valence-corrected chi connectivity index (χ2v) is 6.84. The van der Waals surface area contributed by atoms with E-state index in [0.29, 0.717) is 23.3 Å². The van der Waals surface area contributed by atoms with Gasteiger partial charge in [0, 0.05) is 13.6 Å². The van der Waals surface area contributed by atoms with Crippen LogP contribution in [0.25, 0.3) is 11.0 Å². The number of fused-ring (bicyclic) bond motifs is 1. The van der Waals surface area contributed by atoms with E-state index in [9.17, 15) is 8.42 Å². The molecular weight excluding hydrogens is 284 g/mol. The minimum Gasteiger partial charge on any atom is -0.397 e. The van der Waals surface area contributed by atoms with Crippen LogP contribution in [0.3, 0.4) is 0 Å². The summed E-state index contributed by atoms with van der Waals surface area (Å²) >= 11 is 0.964. The molecule has 0 unspecified atom stereocenters. The Morgan fingerprint density at radius 2 is 2.00 bits per heavy atom. The maximum Gasteiger partial charge on any atom is 0.245 e. The van der Waals surface area contributed by atoms with Gasteiger partial charge in [-0.3, -0.25) is 0 Å². The number of rotatable bonds is 5. The minimum absolute atomic E-state index is 0.170. The normalized spacial score (nSPS) is 12.4. The number of aromatic nitrogens is 2. The lowest BCUT2D eigenvalue weighted by Crippen LogP contribution is -2.28. The monoisotopic (exact) mass is 300 g/mol. The molecule has 0 atom stereocenters. The van der Waals surface area contributed by atoms with Crippen molar-refractivity contribution in [2.24, 2.45) is 0 Å². The number of hydrogen-bond acceptors (Lipinski definition) is 6. The molecule has 19 heavy (non-hydrogen) atoms. The highest BCUT2D eigenvalue weighted by Crippen LogP contribution is 2.27. The summed E-state index contributed by atoms with van der Waals surface area (Å²) < 4.78 is 34.4. The quantitative estimate of drug-likeness (QED) is 0.849. The molecular formula is C11H16N4O2S2. The van der Waals surface area contributed by atoms with Crippen LogP contribution < -0.4 is 5.73 Å². The zero-order valence-corrected chi connectivity index (χ0v) is 12.5. The molecule has 2 aromatic rings. The molecule has 1 aromatic carbocycles. The minimum atomic E-state index is -3.54. The van der Waals surface area contributed by atoms with E-state index in [1.807, 2.05) is 6.92 Å². The van der Waals surface area contributed by atoms with Gasteiger partial charge >= 0.3 is 0 Å². The third kappa shape index (κ3) is 2.56. The molecule has 104 valence electrons. The Labute approximate surface area is 116 Å². The maximum atomic E-state index is 12.5. The predicted octanol–water partition coefficient (Wildman–Crippen LogP) is 1.69. The lowest BCUT2D eigenvalue weighted by molar-refractivity contribution is 0.460. The molecule has 2 N–H and O–H groups in total. The fourth-order valence-corrected chi connectivity index (χ4v) is 3.71. The number of unbranched alkanes of at least 4 members (excludes halogenated alkanes) is 1. The van der Waals surface area contributed by atoms with Crippen molar-refractivity contribution in [3.8, 4) is 0 Å². The van der Waals surface area contributed by atoms with Crippen LogP contribution in [0.15, 0.2) is 17.0 Å². The molecule has 0 saturated heterocycles. The van der Waals surface area contributed by atoms with Gasteiger partial charge in [0.05, 0.1) is 17.4 Å². The van der Waals surface area contributed by atoms with Crippen LogP contribution in [0.4, 0.5) is 5.69 Å². The molecule has 2 rings (SSSR count). The van der Waals surface area contributed by atoms with Crippen molar-refractivity contribution in [2.45, 2.75) is 24.7 Å². The zero-order chi connectivity index (χ0) is 14.0. The molecule has 0 aliphatic rings. The predicted molar refractivity (Wildman–Crippen MR) is 76.6 cm³/mol. The molecule has 0 aliphatic heterocycles. The summed E-state index contributed by atoms with van der Waals surface area (Å²) in [5, 5.41) is 0. The highest BCUT2D eigenvalue weighted by molar-refractivity contribution is 7.89. The standard InChI is InChI=1S/C11H16N4O2S2/c1-3-4-7-15(2)19(16,17)9-6-5-8(12)10-11(9)14-18-13-10/h5-6H,3-4,7,12H2,1-2H3. The molecule has 0 spiro atoms. The molecule has 8 heteroatoms. The summed E-state index contributed by atoms with van der Waals surface area (Å²) in [4.78, 5) is 0.170. The number of nitrogens with two attached hydrogens (primary N) is 1. The first-order valence-electron chi connectivity index (χ1n) is 5.95. The first-order chi connectivity index (χ1) is 8.98. The lowest BCUT2D eigenvalue weighted by atomic mass is 10.3. The molecule has 1 heterocycles. The van der Waals surface area contributed by atoms with Crippen molar-refractivity contribution >= 4 is 38.5 Å². The lowest BCUT2D eigenvalue weighted by Gasteiger charge is -2.17. The highest BCUT2D eigenvalue weighted by atomic mass is 32.2. The van der Waals surface area contributed by atoms with Gasteiger partial charge in [-0.1, -0.05) is 13.3 Å². The van der Waals surface area contributed by atoms with Crippen LogP contribution in [0, 0.1) is 0 Å². The van der Waals surface area contributed by atoms with Crippen LogP contribution in [0.5, 0.6) is 0 Å². The molecule has 0 radical (unpaired) electrons. The Bertz CT molecular complexity index is 681. The first kappa shape index (κ1) is 14.2. The number of benzene rings is 1. The first-order valence-corrected chi connectivity index (χ1v) is 8.12. The van der Waals surface area contributed by atoms with Gasteiger partial charge in [-0.25, -0.2) is 12.7 Å². The summed E-state index contributed by atoms with van der Waals surface area (Å²) in [6.45, 7) is 2.51. The molecule has 0 saturated carbocycles. The van der Waals surface area contributed by atoms with Crippen LogP contribution in [-0.4, -0.2) is 35.1 Å². The van der Waals surface area contributed by atoms with E-state index in [1.165, 1.54) is 10.4 Å². The number of nitrogens with zero attached hydrogens (tertiary/aromatic N) is 3. The Morgan fingerprint density at radius 1 is 1.32 bits per heavy atom. The molecule has 1 aromatic heterocycles. The van der Waals surface area contributed by atoms with Crippen molar-refractivity contribution in [2.75, 3.05) is 19.3 Å². The smallest absolute Gasteiger partial charge is 0.245 e. The molecule has 0 fully saturated rings. The Morgan fingerprint density at radius 3 is 2.68 bits per heavy atom. The van der Waals surface area contributed by atoms with Crippen molar-refractivity contribution in [3.05, 3.63) is 12.1 Å². The van der Waals surface area contributed by atoms with Crippen LogP contribution in [0.1, 0.15) is 19.8 Å². The Balaban J connectivity index is 2.49. The van der Waals surface area contributed by atoms with E-state index in [2.05, 4.69) is 8.75 Å². The van der Waals surface area contributed by atoms with Gasteiger partial charge in [0.15, 0.2) is 0 Å². The van der Waals surface area contributed by atoms with Crippen molar-refractivity contribution in [1.29, 1.82) is 0 Å². The van der Waals surface area contributed by atoms with E-state index in [-0.39, 0.29) is 4.90 Å². The average molecular weight is 300 g/mol. The molecule has 0 amide bonds. The fraction of sp³-hybridized carbons (Fsp3) is 0.455. The van der Waals surface area contributed by atoms with E-state index in [1.54, 1.807) is 13.1 Å². The van der Waals surface area contributed by atoms with Crippen molar-refractivity contribution < 1.29 is 8.42 Å². The summed E-state index contributed by atoms with van der Waals surface area (Å²) in [6.07, 6.45) is 1.76. The van der Waals surface area contributed by atoms with Crippen molar-refractivity contribution in [3.63, 3.8) is 0 Å². The SMILES string of the molecule is CCCCN(C)S(=O)(=O)c1ccc(N)c2nsnc12. The van der Waals surface area contributed by atoms with Gasteiger partial charge < -0.3 is 5.73 Å². The van der Waals surface area contributed by atoms with Crippen LogP contribution in [-0.2, 0) is 10.0 Å². The maximum absolute atomic E-state index is 12.5. The highest BCUT2D eigenvalue weighted by Gasteiger charge is 2.25. The zero-order valence-electron chi connectivity index (χ0n) is 10.8. The van der Waals surface area contributed by atoms with Gasteiger partial charge in [-0.15, -0.1) is 0 Å². The van der Waals surface area contributed by atoms with Gasteiger partial charge in [0.1, 0.15) is 15.9 Å². The Hall–Kier alpha value is -1.25. The number of nitrogen functional groups attached to an aromatic ring is 1. The summed E-state index contributed by atoms with van der Waals surface area (Å²) in [5.74, 6) is 0. The summed E-state index contributed by atoms with van der Waals surface area (Å²) in [5.41, 5.74) is 7.02. The van der Waals surface area contributed by atoms with Crippen LogP contribution >= 0.6 is 11.7 Å². The number of anilines is 1. The molecule has 0 bridgehead atoms. The van der Waals surface area contributed by atoms with Gasteiger partial charge in [0.25, 0.3) is 0 Å². The third-order valence-corrected chi connectivity index (χ3v) is 5.34. The summed E-state index contributed by atoms with van der Waals surface area (Å²) in [7, 11) is -1.97. The Kier molecular flexibility index (Phi) is 4.02. The topological polar surface area (TPSA) is 89.2 Å². The average Bonchev–Trinajstić information content (AvgIpc) is 2.85. The third-order valence-electron chi connectivity index (χ3n) is 2.92. The van der Waals surface area contributed by atoms with Crippen molar-refractivity contribution in [1.82, 2.24) is 13.1 Å². The largest absolute Gasteiger partial charge is 0.397 e.